The lowest BCUT2D eigenvalue weighted by Gasteiger charge is -2.24. The molecule has 1 unspecified atom stereocenters. The van der Waals surface area contributed by atoms with Crippen molar-refractivity contribution < 1.29 is 19.5 Å². The highest BCUT2D eigenvalue weighted by molar-refractivity contribution is 6.01. The first-order chi connectivity index (χ1) is 9.88. The number of carbonyl (C=O) groups excluding carboxylic acids is 2. The summed E-state index contributed by atoms with van der Waals surface area (Å²) in [4.78, 5) is 37.9. The van der Waals surface area contributed by atoms with E-state index in [1.54, 1.807) is 19.2 Å². The van der Waals surface area contributed by atoms with E-state index in [1.165, 1.54) is 9.80 Å². The Morgan fingerprint density at radius 3 is 2.43 bits per heavy atom. The molecule has 6 heteroatoms. The molecule has 2 rings (SSSR count). The molecule has 0 aromatic heterocycles. The van der Waals surface area contributed by atoms with Crippen LogP contribution in [-0.2, 0) is 14.4 Å². The Balaban J connectivity index is 2.23. The van der Waals surface area contributed by atoms with Gasteiger partial charge < -0.3 is 14.9 Å². The molecule has 1 aliphatic heterocycles. The van der Waals surface area contributed by atoms with E-state index >= 15 is 0 Å². The molecule has 1 aromatic rings. The van der Waals surface area contributed by atoms with Crippen LogP contribution in [0.5, 0.6) is 0 Å². The van der Waals surface area contributed by atoms with Crippen LogP contribution >= 0.6 is 0 Å². The monoisotopic (exact) mass is 290 g/mol. The van der Waals surface area contributed by atoms with Crippen LogP contribution in [0.25, 0.3) is 0 Å². The number of anilines is 1. The molecule has 0 aliphatic carbocycles. The molecular formula is C15H18N2O4. The van der Waals surface area contributed by atoms with Crippen LogP contribution in [0.2, 0.25) is 0 Å². The van der Waals surface area contributed by atoms with Crippen molar-refractivity contribution in [2.24, 2.45) is 5.92 Å². The minimum atomic E-state index is -1.08. The molecule has 0 saturated carbocycles. The fourth-order valence-electron chi connectivity index (χ4n) is 2.41. The van der Waals surface area contributed by atoms with Crippen LogP contribution in [0.15, 0.2) is 24.3 Å². The summed E-state index contributed by atoms with van der Waals surface area (Å²) in [5.74, 6) is -1.98. The molecule has 1 saturated heterocycles. The largest absolute Gasteiger partial charge is 0.480 e. The molecule has 1 N–H and O–H groups in total. The van der Waals surface area contributed by atoms with E-state index in [1.807, 2.05) is 19.1 Å². The van der Waals surface area contributed by atoms with Crippen LogP contribution in [0.4, 0.5) is 5.69 Å². The van der Waals surface area contributed by atoms with Crippen LogP contribution in [0.3, 0.4) is 0 Å². The number of likely N-dealkylation sites (tertiary alicyclic amines) is 1. The molecule has 2 amide bonds. The van der Waals surface area contributed by atoms with Crippen LogP contribution in [0.1, 0.15) is 12.0 Å². The maximum Gasteiger partial charge on any atom is 0.323 e. The Labute approximate surface area is 123 Å². The van der Waals surface area contributed by atoms with E-state index in [0.717, 1.165) is 5.56 Å². The minimum absolute atomic E-state index is 0.0902. The summed E-state index contributed by atoms with van der Waals surface area (Å²) >= 11 is 0. The van der Waals surface area contributed by atoms with E-state index in [0.29, 0.717) is 12.2 Å². The summed E-state index contributed by atoms with van der Waals surface area (Å²) in [5, 5.41) is 9.02. The zero-order chi connectivity index (χ0) is 15.6. The fourth-order valence-corrected chi connectivity index (χ4v) is 2.41. The molecule has 112 valence electrons. The van der Waals surface area contributed by atoms with Crippen molar-refractivity contribution in [1.29, 1.82) is 0 Å². The third-order valence-electron chi connectivity index (χ3n) is 3.60. The molecule has 0 spiro atoms. The summed E-state index contributed by atoms with van der Waals surface area (Å²) in [6.07, 6.45) is 0.136. The first-order valence-corrected chi connectivity index (χ1v) is 6.72. The smallest absolute Gasteiger partial charge is 0.323 e. The zero-order valence-corrected chi connectivity index (χ0v) is 12.1. The molecule has 1 atom stereocenters. The number of rotatable bonds is 4. The Morgan fingerprint density at radius 2 is 1.95 bits per heavy atom. The van der Waals surface area contributed by atoms with Gasteiger partial charge in [0.15, 0.2) is 0 Å². The van der Waals surface area contributed by atoms with E-state index in [9.17, 15) is 14.4 Å². The number of nitrogens with zero attached hydrogens (tertiary/aromatic N) is 2. The Bertz CT molecular complexity index is 568. The van der Waals surface area contributed by atoms with Gasteiger partial charge in [-0.1, -0.05) is 17.7 Å². The van der Waals surface area contributed by atoms with Gasteiger partial charge in [0.1, 0.15) is 6.54 Å². The van der Waals surface area contributed by atoms with Gasteiger partial charge >= 0.3 is 5.97 Å². The molecule has 6 nitrogen and oxygen atoms in total. The van der Waals surface area contributed by atoms with Crippen LogP contribution in [0, 0.1) is 12.8 Å². The maximum absolute atomic E-state index is 12.5. The van der Waals surface area contributed by atoms with Crippen molar-refractivity contribution >= 4 is 23.5 Å². The predicted molar refractivity (Wildman–Crippen MR) is 76.9 cm³/mol. The summed E-state index contributed by atoms with van der Waals surface area (Å²) in [5.41, 5.74) is 1.56. The van der Waals surface area contributed by atoms with Crippen molar-refractivity contribution in [3.63, 3.8) is 0 Å². The average Bonchev–Trinajstić information content (AvgIpc) is 2.76. The van der Waals surface area contributed by atoms with Gasteiger partial charge in [-0.05, 0) is 19.1 Å². The number of hydrogen-bond donors (Lipinski definition) is 1. The predicted octanol–water partition coefficient (Wildman–Crippen LogP) is 0.891. The minimum Gasteiger partial charge on any atom is -0.480 e. The molecule has 1 aromatic carbocycles. The van der Waals surface area contributed by atoms with Gasteiger partial charge in [0.05, 0.1) is 5.92 Å². The Kier molecular flexibility index (Phi) is 4.26. The number of aliphatic carboxylic acids is 1. The van der Waals surface area contributed by atoms with Crippen molar-refractivity contribution in [2.75, 3.05) is 25.0 Å². The SMILES string of the molecule is Cc1ccc(N(CC(=O)O)C(=O)C2CC(=O)N(C)C2)cc1. The van der Waals surface area contributed by atoms with Gasteiger partial charge in [0.25, 0.3) is 0 Å². The van der Waals surface area contributed by atoms with Gasteiger partial charge in [-0.15, -0.1) is 0 Å². The molecule has 21 heavy (non-hydrogen) atoms. The molecular weight excluding hydrogens is 272 g/mol. The van der Waals surface area contributed by atoms with Crippen LogP contribution in [-0.4, -0.2) is 47.9 Å². The zero-order valence-electron chi connectivity index (χ0n) is 12.1. The van der Waals surface area contributed by atoms with Crippen molar-refractivity contribution in [3.8, 4) is 0 Å². The Morgan fingerprint density at radius 1 is 1.33 bits per heavy atom. The second kappa shape index (κ2) is 5.95. The van der Waals surface area contributed by atoms with E-state index < -0.39 is 18.4 Å². The third-order valence-corrected chi connectivity index (χ3v) is 3.60. The molecule has 1 aliphatic rings. The van der Waals surface area contributed by atoms with Gasteiger partial charge in [-0.3, -0.25) is 14.4 Å². The first-order valence-electron chi connectivity index (χ1n) is 6.72. The topological polar surface area (TPSA) is 77.9 Å². The van der Waals surface area contributed by atoms with E-state index in [2.05, 4.69) is 0 Å². The lowest BCUT2D eigenvalue weighted by molar-refractivity contribution is -0.137. The van der Waals surface area contributed by atoms with E-state index in [-0.39, 0.29) is 18.2 Å². The summed E-state index contributed by atoms with van der Waals surface area (Å²) < 4.78 is 0. The number of amides is 2. The van der Waals surface area contributed by atoms with Gasteiger partial charge in [0.2, 0.25) is 11.8 Å². The first kappa shape index (κ1) is 15.0. The van der Waals surface area contributed by atoms with Crippen molar-refractivity contribution in [1.82, 2.24) is 4.90 Å². The van der Waals surface area contributed by atoms with E-state index in [4.69, 9.17) is 5.11 Å². The van der Waals surface area contributed by atoms with Crippen molar-refractivity contribution in [3.05, 3.63) is 29.8 Å². The maximum atomic E-state index is 12.5. The lowest BCUT2D eigenvalue weighted by Crippen LogP contribution is -2.40. The standard InChI is InChI=1S/C15H18N2O4/c1-10-3-5-12(6-4-10)17(9-14(19)20)15(21)11-7-13(18)16(2)8-11/h3-6,11H,7-9H2,1-2H3,(H,19,20). The summed E-state index contributed by atoms with van der Waals surface area (Å²) in [6, 6.07) is 7.08. The summed E-state index contributed by atoms with van der Waals surface area (Å²) in [6.45, 7) is 1.84. The highest BCUT2D eigenvalue weighted by atomic mass is 16.4. The second-order valence-corrected chi connectivity index (χ2v) is 5.33. The fraction of sp³-hybridized carbons (Fsp3) is 0.400. The number of aryl methyl sites for hydroxylation is 1. The quantitative estimate of drug-likeness (QED) is 0.893. The highest BCUT2D eigenvalue weighted by Gasteiger charge is 2.35. The Hall–Kier alpha value is -2.37. The highest BCUT2D eigenvalue weighted by Crippen LogP contribution is 2.23. The number of carboxylic acid groups (broad SMARTS) is 1. The number of hydrogen-bond acceptors (Lipinski definition) is 3. The molecule has 0 radical (unpaired) electrons. The average molecular weight is 290 g/mol. The molecule has 1 fully saturated rings. The van der Waals surface area contributed by atoms with Gasteiger partial charge in [-0.25, -0.2) is 0 Å². The van der Waals surface area contributed by atoms with Gasteiger partial charge in [-0.2, -0.15) is 0 Å². The number of carboxylic acids is 1. The normalized spacial score (nSPS) is 17.9. The number of carbonyl (C=O) groups is 3. The van der Waals surface area contributed by atoms with Crippen LogP contribution < -0.4 is 4.90 Å². The second-order valence-electron chi connectivity index (χ2n) is 5.33. The third kappa shape index (κ3) is 3.39. The van der Waals surface area contributed by atoms with Crippen molar-refractivity contribution in [2.45, 2.75) is 13.3 Å². The molecule has 0 bridgehead atoms. The molecule has 1 heterocycles. The summed E-state index contributed by atoms with van der Waals surface area (Å²) in [7, 11) is 1.64. The van der Waals surface area contributed by atoms with Gasteiger partial charge in [0, 0.05) is 25.7 Å². The number of benzene rings is 1. The lowest BCUT2D eigenvalue weighted by atomic mass is 10.1.